The molecule has 7 heteroatoms. The number of ether oxygens (including phenoxy) is 2. The molecule has 3 rings (SSSR count). The van der Waals surface area contributed by atoms with Crippen LogP contribution < -0.4 is 14.8 Å². The number of aromatic nitrogens is 1. The van der Waals surface area contributed by atoms with Gasteiger partial charge in [0.25, 0.3) is 11.8 Å². The highest BCUT2D eigenvalue weighted by atomic mass is 16.5. The number of pyridine rings is 1. The van der Waals surface area contributed by atoms with E-state index in [9.17, 15) is 9.59 Å². The van der Waals surface area contributed by atoms with Gasteiger partial charge in [-0.05, 0) is 37.1 Å². The largest absolute Gasteiger partial charge is 0.493 e. The average Bonchev–Trinajstić information content (AvgIpc) is 3.22. The summed E-state index contributed by atoms with van der Waals surface area (Å²) >= 11 is 0. The van der Waals surface area contributed by atoms with Gasteiger partial charge in [0.1, 0.15) is 5.69 Å². The zero-order valence-corrected chi connectivity index (χ0v) is 14.8. The lowest BCUT2D eigenvalue weighted by atomic mass is 10.2. The van der Waals surface area contributed by atoms with Crippen LogP contribution in [-0.4, -0.2) is 49.0 Å². The van der Waals surface area contributed by atoms with E-state index in [1.807, 2.05) is 0 Å². The van der Waals surface area contributed by atoms with Crippen LogP contribution in [0.15, 0.2) is 36.5 Å². The molecule has 0 atom stereocenters. The lowest BCUT2D eigenvalue weighted by Gasteiger charge is -2.15. The molecule has 2 amide bonds. The Hall–Kier alpha value is -3.09. The molecule has 1 aromatic heterocycles. The molecule has 0 radical (unpaired) electrons. The molecule has 2 aromatic rings. The number of methoxy groups -OCH3 is 2. The van der Waals surface area contributed by atoms with E-state index in [4.69, 9.17) is 9.47 Å². The molecular weight excluding hydrogens is 334 g/mol. The van der Waals surface area contributed by atoms with Gasteiger partial charge in [-0.3, -0.25) is 14.6 Å². The standard InChI is InChI=1S/C19H21N3O4/c1-25-16-6-5-14(12-17(16)26-2)21-18(23)15-11-13(7-8-20-15)19(24)22-9-3-4-10-22/h5-8,11-12H,3-4,9-10H2,1-2H3,(H,21,23). The van der Waals surface area contributed by atoms with Gasteiger partial charge in [-0.25, -0.2) is 0 Å². The lowest BCUT2D eigenvalue weighted by molar-refractivity contribution is 0.0792. The molecular formula is C19H21N3O4. The van der Waals surface area contributed by atoms with Crippen LogP contribution in [-0.2, 0) is 0 Å². The first kappa shape index (κ1) is 17.7. The van der Waals surface area contributed by atoms with Gasteiger partial charge < -0.3 is 19.7 Å². The summed E-state index contributed by atoms with van der Waals surface area (Å²) in [5.74, 6) is 0.622. The van der Waals surface area contributed by atoms with Crippen molar-refractivity contribution in [2.24, 2.45) is 0 Å². The third-order valence-electron chi connectivity index (χ3n) is 4.27. The van der Waals surface area contributed by atoms with E-state index in [-0.39, 0.29) is 11.6 Å². The van der Waals surface area contributed by atoms with Gasteiger partial charge in [-0.1, -0.05) is 0 Å². The molecule has 0 saturated carbocycles. The van der Waals surface area contributed by atoms with Crippen molar-refractivity contribution >= 4 is 17.5 Å². The molecule has 7 nitrogen and oxygen atoms in total. The maximum absolute atomic E-state index is 12.5. The van der Waals surface area contributed by atoms with Gasteiger partial charge in [0, 0.05) is 36.6 Å². The van der Waals surface area contributed by atoms with Gasteiger partial charge >= 0.3 is 0 Å². The summed E-state index contributed by atoms with van der Waals surface area (Å²) < 4.78 is 10.4. The van der Waals surface area contributed by atoms with Crippen molar-refractivity contribution in [1.29, 1.82) is 0 Å². The Bertz CT molecular complexity index is 816. The Morgan fingerprint density at radius 1 is 1.04 bits per heavy atom. The molecule has 0 aliphatic carbocycles. The number of likely N-dealkylation sites (tertiary alicyclic amines) is 1. The Balaban J connectivity index is 1.76. The summed E-state index contributed by atoms with van der Waals surface area (Å²) in [6, 6.07) is 8.23. The average molecular weight is 355 g/mol. The second-order valence-electron chi connectivity index (χ2n) is 5.95. The number of anilines is 1. The Labute approximate surface area is 151 Å². The topological polar surface area (TPSA) is 80.8 Å². The highest BCUT2D eigenvalue weighted by molar-refractivity contribution is 6.05. The molecule has 1 aliphatic rings. The number of nitrogens with zero attached hydrogens (tertiary/aromatic N) is 2. The first-order chi connectivity index (χ1) is 12.6. The molecule has 1 N–H and O–H groups in total. The van der Waals surface area contributed by atoms with Crippen LogP contribution in [0.2, 0.25) is 0 Å². The van der Waals surface area contributed by atoms with E-state index in [0.717, 1.165) is 25.9 Å². The molecule has 1 saturated heterocycles. The first-order valence-corrected chi connectivity index (χ1v) is 8.41. The molecule has 136 valence electrons. The minimum Gasteiger partial charge on any atom is -0.493 e. The molecule has 0 spiro atoms. The molecule has 1 aromatic carbocycles. The number of benzene rings is 1. The van der Waals surface area contributed by atoms with Gasteiger partial charge in [-0.15, -0.1) is 0 Å². The number of hydrogen-bond donors (Lipinski definition) is 1. The summed E-state index contributed by atoms with van der Waals surface area (Å²) in [5.41, 5.74) is 1.20. The third kappa shape index (κ3) is 3.77. The van der Waals surface area contributed by atoms with E-state index >= 15 is 0 Å². The van der Waals surface area contributed by atoms with Gasteiger partial charge in [0.05, 0.1) is 14.2 Å². The molecule has 2 heterocycles. The fourth-order valence-electron chi connectivity index (χ4n) is 2.90. The predicted octanol–water partition coefficient (Wildman–Crippen LogP) is 2.59. The van der Waals surface area contributed by atoms with Crippen LogP contribution in [0.25, 0.3) is 0 Å². The monoisotopic (exact) mass is 355 g/mol. The maximum Gasteiger partial charge on any atom is 0.274 e. The highest BCUT2D eigenvalue weighted by Gasteiger charge is 2.20. The summed E-state index contributed by atoms with van der Waals surface area (Å²) in [6.07, 6.45) is 3.51. The molecule has 0 bridgehead atoms. The summed E-state index contributed by atoms with van der Waals surface area (Å²) in [6.45, 7) is 1.52. The smallest absolute Gasteiger partial charge is 0.274 e. The number of carbonyl (C=O) groups excluding carboxylic acids is 2. The van der Waals surface area contributed by atoms with Crippen molar-refractivity contribution in [3.05, 3.63) is 47.8 Å². The molecule has 0 unspecified atom stereocenters. The minimum absolute atomic E-state index is 0.0648. The fourth-order valence-corrected chi connectivity index (χ4v) is 2.90. The van der Waals surface area contributed by atoms with Crippen molar-refractivity contribution in [2.75, 3.05) is 32.6 Å². The van der Waals surface area contributed by atoms with Gasteiger partial charge in [0.15, 0.2) is 11.5 Å². The lowest BCUT2D eigenvalue weighted by Crippen LogP contribution is -2.28. The van der Waals surface area contributed by atoms with Crippen molar-refractivity contribution < 1.29 is 19.1 Å². The van der Waals surface area contributed by atoms with Crippen LogP contribution in [0.5, 0.6) is 11.5 Å². The van der Waals surface area contributed by atoms with Crippen LogP contribution in [0.3, 0.4) is 0 Å². The van der Waals surface area contributed by atoms with E-state index in [0.29, 0.717) is 22.7 Å². The van der Waals surface area contributed by atoms with Crippen LogP contribution in [0.1, 0.15) is 33.7 Å². The Kier molecular flexibility index (Phi) is 5.36. The van der Waals surface area contributed by atoms with E-state index < -0.39 is 5.91 Å². The van der Waals surface area contributed by atoms with Crippen molar-refractivity contribution in [3.63, 3.8) is 0 Å². The van der Waals surface area contributed by atoms with Crippen LogP contribution >= 0.6 is 0 Å². The SMILES string of the molecule is COc1ccc(NC(=O)c2cc(C(=O)N3CCCC3)ccn2)cc1OC. The number of hydrogen-bond acceptors (Lipinski definition) is 5. The van der Waals surface area contributed by atoms with E-state index in [1.165, 1.54) is 19.4 Å². The summed E-state index contributed by atoms with van der Waals surface area (Å²) in [7, 11) is 3.07. The van der Waals surface area contributed by atoms with Crippen molar-refractivity contribution in [1.82, 2.24) is 9.88 Å². The Morgan fingerprint density at radius 3 is 2.46 bits per heavy atom. The van der Waals surface area contributed by atoms with Crippen molar-refractivity contribution in [3.8, 4) is 11.5 Å². The van der Waals surface area contributed by atoms with Gasteiger partial charge in [0.2, 0.25) is 0 Å². The number of rotatable bonds is 5. The normalized spacial score (nSPS) is 13.4. The second-order valence-corrected chi connectivity index (χ2v) is 5.95. The van der Waals surface area contributed by atoms with Crippen molar-refractivity contribution in [2.45, 2.75) is 12.8 Å². The number of carbonyl (C=O) groups is 2. The highest BCUT2D eigenvalue weighted by Crippen LogP contribution is 2.29. The maximum atomic E-state index is 12.5. The minimum atomic E-state index is -0.395. The van der Waals surface area contributed by atoms with E-state index in [1.54, 1.807) is 36.3 Å². The number of nitrogens with one attached hydrogen (secondary N) is 1. The quantitative estimate of drug-likeness (QED) is 0.892. The number of amides is 2. The second kappa shape index (κ2) is 7.86. The van der Waals surface area contributed by atoms with Crippen LogP contribution in [0.4, 0.5) is 5.69 Å². The van der Waals surface area contributed by atoms with Gasteiger partial charge in [-0.2, -0.15) is 0 Å². The predicted molar refractivity (Wildman–Crippen MR) is 96.9 cm³/mol. The zero-order chi connectivity index (χ0) is 18.5. The third-order valence-corrected chi connectivity index (χ3v) is 4.27. The molecule has 1 fully saturated rings. The molecule has 26 heavy (non-hydrogen) atoms. The Morgan fingerprint density at radius 2 is 1.77 bits per heavy atom. The first-order valence-electron chi connectivity index (χ1n) is 8.41. The van der Waals surface area contributed by atoms with Crippen LogP contribution in [0, 0.1) is 0 Å². The van der Waals surface area contributed by atoms with E-state index in [2.05, 4.69) is 10.3 Å². The molecule has 1 aliphatic heterocycles. The summed E-state index contributed by atoms with van der Waals surface area (Å²) in [4.78, 5) is 30.8. The summed E-state index contributed by atoms with van der Waals surface area (Å²) in [5, 5.41) is 2.76. The fraction of sp³-hybridized carbons (Fsp3) is 0.316. The zero-order valence-electron chi connectivity index (χ0n) is 14.8.